The molecule has 116 valence electrons. The predicted molar refractivity (Wildman–Crippen MR) is 71.8 cm³/mol. The normalized spacial score (nSPS) is 26.7. The fraction of sp³-hybridized carbons (Fsp3) is 0.600. The van der Waals surface area contributed by atoms with Crippen LogP contribution < -0.4 is 4.74 Å². The van der Waals surface area contributed by atoms with Gasteiger partial charge in [-0.1, -0.05) is 0 Å². The Morgan fingerprint density at radius 3 is 2.14 bits per heavy atom. The molecule has 1 aliphatic heterocycles. The summed E-state index contributed by atoms with van der Waals surface area (Å²) in [5, 5.41) is 18.7. The Kier molecular flexibility index (Phi) is 3.63. The van der Waals surface area contributed by atoms with Crippen molar-refractivity contribution in [2.24, 2.45) is 17.3 Å². The van der Waals surface area contributed by atoms with Crippen LogP contribution in [0.1, 0.15) is 5.56 Å². The van der Waals surface area contributed by atoms with E-state index in [4.69, 9.17) is 4.74 Å². The SMILES string of the molecule is COc1cc(F)c(CN2CC3C(C2)C3(CO)CO)c(F)c1. The van der Waals surface area contributed by atoms with E-state index in [2.05, 4.69) is 0 Å². The lowest BCUT2D eigenvalue weighted by atomic mass is 10.0. The van der Waals surface area contributed by atoms with Crippen LogP contribution in [0.25, 0.3) is 0 Å². The van der Waals surface area contributed by atoms with Crippen molar-refractivity contribution in [3.8, 4) is 5.75 Å². The Morgan fingerprint density at radius 1 is 1.19 bits per heavy atom. The van der Waals surface area contributed by atoms with E-state index in [1.54, 1.807) is 0 Å². The molecule has 21 heavy (non-hydrogen) atoms. The Bertz CT molecular complexity index is 511. The number of piperidine rings is 1. The zero-order valence-electron chi connectivity index (χ0n) is 11.9. The second kappa shape index (κ2) is 5.19. The van der Waals surface area contributed by atoms with Crippen LogP contribution in [0.3, 0.4) is 0 Å². The van der Waals surface area contributed by atoms with Crippen molar-refractivity contribution in [3.05, 3.63) is 29.3 Å². The summed E-state index contributed by atoms with van der Waals surface area (Å²) in [4.78, 5) is 1.97. The van der Waals surface area contributed by atoms with Crippen LogP contribution in [0.5, 0.6) is 5.75 Å². The van der Waals surface area contributed by atoms with Crippen molar-refractivity contribution in [1.29, 1.82) is 0 Å². The van der Waals surface area contributed by atoms with Gasteiger partial charge in [0.05, 0.1) is 20.3 Å². The van der Waals surface area contributed by atoms with Gasteiger partial charge in [-0.15, -0.1) is 0 Å². The number of rotatable bonds is 5. The fourth-order valence-corrected chi connectivity index (χ4v) is 3.64. The minimum Gasteiger partial charge on any atom is -0.497 e. The van der Waals surface area contributed by atoms with Gasteiger partial charge in [-0.2, -0.15) is 0 Å². The molecule has 0 amide bonds. The van der Waals surface area contributed by atoms with E-state index in [0.29, 0.717) is 13.1 Å². The van der Waals surface area contributed by atoms with Gasteiger partial charge in [0.15, 0.2) is 0 Å². The molecule has 2 atom stereocenters. The number of benzene rings is 1. The molecular formula is C15H19F2NO3. The quantitative estimate of drug-likeness (QED) is 0.852. The second-order valence-corrected chi connectivity index (χ2v) is 6.03. The highest BCUT2D eigenvalue weighted by Crippen LogP contribution is 2.62. The Hall–Kier alpha value is -1.24. The third-order valence-electron chi connectivity index (χ3n) is 5.08. The number of aliphatic hydroxyl groups is 2. The van der Waals surface area contributed by atoms with Gasteiger partial charge < -0.3 is 14.9 Å². The molecule has 2 fully saturated rings. The van der Waals surface area contributed by atoms with E-state index >= 15 is 0 Å². The maximum atomic E-state index is 13.9. The first-order valence-electron chi connectivity index (χ1n) is 7.01. The summed E-state index contributed by atoms with van der Waals surface area (Å²) < 4.78 is 32.7. The van der Waals surface area contributed by atoms with Crippen LogP contribution >= 0.6 is 0 Å². The third-order valence-corrected chi connectivity index (χ3v) is 5.08. The van der Waals surface area contributed by atoms with Gasteiger partial charge >= 0.3 is 0 Å². The van der Waals surface area contributed by atoms with Crippen LogP contribution in [0.2, 0.25) is 0 Å². The van der Waals surface area contributed by atoms with Crippen LogP contribution in [0.15, 0.2) is 12.1 Å². The zero-order chi connectivity index (χ0) is 15.2. The van der Waals surface area contributed by atoms with E-state index in [0.717, 1.165) is 0 Å². The number of hydrogen-bond donors (Lipinski definition) is 2. The zero-order valence-corrected chi connectivity index (χ0v) is 11.9. The summed E-state index contributed by atoms with van der Waals surface area (Å²) in [5.41, 5.74) is -0.344. The van der Waals surface area contributed by atoms with Crippen molar-refractivity contribution >= 4 is 0 Å². The lowest BCUT2D eigenvalue weighted by Gasteiger charge is -2.24. The molecule has 1 aromatic carbocycles. The molecule has 3 rings (SSSR count). The van der Waals surface area contributed by atoms with E-state index in [1.807, 2.05) is 4.90 Å². The number of likely N-dealkylation sites (tertiary alicyclic amines) is 1. The first-order chi connectivity index (χ1) is 10.1. The molecule has 1 aromatic rings. The van der Waals surface area contributed by atoms with E-state index < -0.39 is 11.6 Å². The van der Waals surface area contributed by atoms with Crippen LogP contribution in [0.4, 0.5) is 8.78 Å². The molecule has 0 spiro atoms. The maximum absolute atomic E-state index is 13.9. The standard InChI is InChI=1S/C15H19F2NO3/c1-21-9-2-13(16)10(14(17)3-9)4-18-5-11-12(6-18)15(11,7-19)8-20/h2-3,11-12,19-20H,4-8H2,1H3. The summed E-state index contributed by atoms with van der Waals surface area (Å²) >= 11 is 0. The minimum absolute atomic E-state index is 0.0298. The summed E-state index contributed by atoms with van der Waals surface area (Å²) in [6.45, 7) is 1.44. The van der Waals surface area contributed by atoms with Crippen molar-refractivity contribution in [1.82, 2.24) is 4.90 Å². The fourth-order valence-electron chi connectivity index (χ4n) is 3.64. The molecule has 1 saturated heterocycles. The molecule has 1 aliphatic carbocycles. The van der Waals surface area contributed by atoms with Crippen molar-refractivity contribution in [3.63, 3.8) is 0 Å². The average molecular weight is 299 g/mol. The number of ether oxygens (including phenoxy) is 1. The van der Waals surface area contributed by atoms with Crippen molar-refractivity contribution < 1.29 is 23.7 Å². The number of halogens is 2. The summed E-state index contributed by atoms with van der Waals surface area (Å²) in [6.07, 6.45) is 0. The van der Waals surface area contributed by atoms with Crippen molar-refractivity contribution in [2.75, 3.05) is 33.4 Å². The summed E-state index contributed by atoms with van der Waals surface area (Å²) in [5.74, 6) is -0.614. The molecule has 4 nitrogen and oxygen atoms in total. The number of nitrogens with zero attached hydrogens (tertiary/aromatic N) is 1. The summed E-state index contributed by atoms with van der Waals surface area (Å²) in [7, 11) is 1.37. The third kappa shape index (κ3) is 2.22. The van der Waals surface area contributed by atoms with Crippen LogP contribution in [0, 0.1) is 28.9 Å². The number of methoxy groups -OCH3 is 1. The molecule has 0 bridgehead atoms. The van der Waals surface area contributed by atoms with E-state index in [1.165, 1.54) is 19.2 Å². The highest BCUT2D eigenvalue weighted by molar-refractivity contribution is 5.31. The second-order valence-electron chi connectivity index (χ2n) is 6.03. The van der Waals surface area contributed by atoms with Gasteiger partial charge in [-0.3, -0.25) is 4.90 Å². The highest BCUT2D eigenvalue weighted by Gasteiger charge is 2.67. The number of aliphatic hydroxyl groups excluding tert-OH is 2. The largest absolute Gasteiger partial charge is 0.497 e. The van der Waals surface area contributed by atoms with Gasteiger partial charge in [-0.25, -0.2) is 8.78 Å². The first kappa shape index (κ1) is 14.7. The molecule has 0 aromatic heterocycles. The molecule has 2 N–H and O–H groups in total. The minimum atomic E-state index is -0.608. The smallest absolute Gasteiger partial charge is 0.134 e. The predicted octanol–water partition coefficient (Wildman–Crippen LogP) is 1.01. The molecule has 2 unspecified atom stereocenters. The highest BCUT2D eigenvalue weighted by atomic mass is 19.1. The van der Waals surface area contributed by atoms with E-state index in [9.17, 15) is 19.0 Å². The Labute approximate surface area is 121 Å². The Balaban J connectivity index is 1.68. The van der Waals surface area contributed by atoms with Gasteiger partial charge in [0.1, 0.15) is 17.4 Å². The van der Waals surface area contributed by atoms with Gasteiger partial charge in [-0.05, 0) is 11.8 Å². The van der Waals surface area contributed by atoms with Gasteiger partial charge in [0.25, 0.3) is 0 Å². The monoisotopic (exact) mass is 299 g/mol. The van der Waals surface area contributed by atoms with Gasteiger partial charge in [0.2, 0.25) is 0 Å². The molecule has 6 heteroatoms. The average Bonchev–Trinajstić information content (AvgIpc) is 2.85. The van der Waals surface area contributed by atoms with E-state index in [-0.39, 0.29) is 48.3 Å². The summed E-state index contributed by atoms with van der Waals surface area (Å²) in [6, 6.07) is 2.36. The topological polar surface area (TPSA) is 52.9 Å². The lowest BCUT2D eigenvalue weighted by molar-refractivity contribution is 0.0864. The molecule has 1 heterocycles. The number of fused-ring (bicyclic) bond motifs is 1. The van der Waals surface area contributed by atoms with Gasteiger partial charge in [0, 0.05) is 42.7 Å². The maximum Gasteiger partial charge on any atom is 0.134 e. The van der Waals surface area contributed by atoms with Crippen LogP contribution in [-0.2, 0) is 6.54 Å². The number of hydrogen-bond acceptors (Lipinski definition) is 4. The lowest BCUT2D eigenvalue weighted by Crippen LogP contribution is -2.32. The molecule has 2 aliphatic rings. The first-order valence-corrected chi connectivity index (χ1v) is 7.01. The molecule has 0 radical (unpaired) electrons. The Morgan fingerprint density at radius 2 is 1.71 bits per heavy atom. The molecule has 1 saturated carbocycles. The molecular weight excluding hydrogens is 280 g/mol. The van der Waals surface area contributed by atoms with Crippen LogP contribution in [-0.4, -0.2) is 48.5 Å². The van der Waals surface area contributed by atoms with Crippen molar-refractivity contribution in [2.45, 2.75) is 6.54 Å².